The molecule has 31 heavy (non-hydrogen) atoms. The molecule has 0 aliphatic rings. The summed E-state index contributed by atoms with van der Waals surface area (Å²) in [5.41, 5.74) is 3.53. The van der Waals surface area contributed by atoms with E-state index in [-0.39, 0.29) is 18.3 Å². The Morgan fingerprint density at radius 3 is 2.74 bits per heavy atom. The Kier molecular flexibility index (Phi) is 5.95. The SMILES string of the molecule is CCOc1cc(C(=O)N(Cc2cccc3cn[nH]c23)OC)ccc1-c1cccc(F)c1. The summed E-state index contributed by atoms with van der Waals surface area (Å²) < 4.78 is 19.5. The van der Waals surface area contributed by atoms with Crippen LogP contribution in [0.4, 0.5) is 4.39 Å². The second kappa shape index (κ2) is 8.97. The minimum absolute atomic E-state index is 0.241. The van der Waals surface area contributed by atoms with E-state index in [1.807, 2.05) is 25.1 Å². The molecule has 6 nitrogen and oxygen atoms in total. The van der Waals surface area contributed by atoms with Gasteiger partial charge in [-0.25, -0.2) is 9.45 Å². The van der Waals surface area contributed by atoms with Crippen LogP contribution in [0.25, 0.3) is 22.0 Å². The first-order valence-electron chi connectivity index (χ1n) is 9.90. The second-order valence-electron chi connectivity index (χ2n) is 6.93. The summed E-state index contributed by atoms with van der Waals surface area (Å²) in [7, 11) is 1.45. The molecule has 0 radical (unpaired) electrons. The molecule has 1 aromatic heterocycles. The molecule has 0 aliphatic carbocycles. The van der Waals surface area contributed by atoms with Gasteiger partial charge in [-0.15, -0.1) is 0 Å². The van der Waals surface area contributed by atoms with Crippen molar-refractivity contribution in [3.8, 4) is 16.9 Å². The third-order valence-electron chi connectivity index (χ3n) is 4.99. The summed E-state index contributed by atoms with van der Waals surface area (Å²) in [5, 5.41) is 9.26. The lowest BCUT2D eigenvalue weighted by atomic mass is 10.0. The topological polar surface area (TPSA) is 67.5 Å². The number of amides is 1. The Morgan fingerprint density at radius 2 is 1.97 bits per heavy atom. The van der Waals surface area contributed by atoms with Crippen LogP contribution in [-0.4, -0.2) is 34.9 Å². The van der Waals surface area contributed by atoms with Crippen LogP contribution >= 0.6 is 0 Å². The lowest BCUT2D eigenvalue weighted by molar-refractivity contribution is -0.101. The second-order valence-corrected chi connectivity index (χ2v) is 6.93. The van der Waals surface area contributed by atoms with Crippen molar-refractivity contribution in [2.24, 2.45) is 0 Å². The minimum atomic E-state index is -0.335. The number of fused-ring (bicyclic) bond motifs is 1. The number of ether oxygens (including phenoxy) is 1. The van der Waals surface area contributed by atoms with E-state index >= 15 is 0 Å². The lowest BCUT2D eigenvalue weighted by Crippen LogP contribution is -2.29. The highest BCUT2D eigenvalue weighted by Crippen LogP contribution is 2.32. The van der Waals surface area contributed by atoms with Crippen LogP contribution in [0.1, 0.15) is 22.8 Å². The quantitative estimate of drug-likeness (QED) is 0.430. The predicted molar refractivity (Wildman–Crippen MR) is 116 cm³/mol. The number of hydrogen-bond donors (Lipinski definition) is 1. The molecule has 0 bridgehead atoms. The van der Waals surface area contributed by atoms with E-state index in [1.54, 1.807) is 36.5 Å². The number of nitrogens with one attached hydrogen (secondary N) is 1. The molecule has 0 saturated heterocycles. The Bertz CT molecular complexity index is 1220. The molecule has 0 atom stereocenters. The Labute approximate surface area is 179 Å². The zero-order valence-corrected chi connectivity index (χ0v) is 17.3. The number of carbonyl (C=O) groups is 1. The fourth-order valence-corrected chi connectivity index (χ4v) is 3.50. The largest absolute Gasteiger partial charge is 0.493 e. The first kappa shape index (κ1) is 20.6. The summed E-state index contributed by atoms with van der Waals surface area (Å²) in [6.07, 6.45) is 1.73. The molecule has 1 N–H and O–H groups in total. The van der Waals surface area contributed by atoms with Crippen LogP contribution in [0, 0.1) is 5.82 Å². The van der Waals surface area contributed by atoms with E-state index in [0.29, 0.717) is 29.0 Å². The van der Waals surface area contributed by atoms with Crippen LogP contribution in [0.15, 0.2) is 66.9 Å². The molecule has 0 aliphatic heterocycles. The number of aromatic nitrogens is 2. The number of aromatic amines is 1. The third-order valence-corrected chi connectivity index (χ3v) is 4.99. The van der Waals surface area contributed by atoms with Gasteiger partial charge < -0.3 is 4.74 Å². The van der Waals surface area contributed by atoms with Crippen LogP contribution in [0.2, 0.25) is 0 Å². The summed E-state index contributed by atoms with van der Waals surface area (Å²) in [6, 6.07) is 17.1. The minimum Gasteiger partial charge on any atom is -0.493 e. The van der Waals surface area contributed by atoms with Crippen LogP contribution in [-0.2, 0) is 11.4 Å². The summed E-state index contributed by atoms with van der Waals surface area (Å²) in [5.74, 6) is -0.143. The van der Waals surface area contributed by atoms with Crippen molar-refractivity contribution in [2.75, 3.05) is 13.7 Å². The van der Waals surface area contributed by atoms with Gasteiger partial charge >= 0.3 is 0 Å². The van der Waals surface area contributed by atoms with Crippen LogP contribution in [0.3, 0.4) is 0 Å². The van der Waals surface area contributed by atoms with Crippen molar-refractivity contribution in [2.45, 2.75) is 13.5 Å². The number of para-hydroxylation sites is 1. The van der Waals surface area contributed by atoms with E-state index in [0.717, 1.165) is 16.5 Å². The molecule has 0 spiro atoms. The van der Waals surface area contributed by atoms with Crippen molar-refractivity contribution in [3.63, 3.8) is 0 Å². The van der Waals surface area contributed by atoms with E-state index in [9.17, 15) is 9.18 Å². The summed E-state index contributed by atoms with van der Waals surface area (Å²) in [4.78, 5) is 18.6. The normalized spacial score (nSPS) is 10.9. The molecule has 7 heteroatoms. The van der Waals surface area contributed by atoms with Gasteiger partial charge in [-0.05, 0) is 48.4 Å². The fraction of sp³-hybridized carbons (Fsp3) is 0.167. The summed E-state index contributed by atoms with van der Waals surface area (Å²) in [6.45, 7) is 2.51. The van der Waals surface area contributed by atoms with Gasteiger partial charge in [-0.2, -0.15) is 5.10 Å². The monoisotopic (exact) mass is 419 g/mol. The van der Waals surface area contributed by atoms with Gasteiger partial charge in [0.1, 0.15) is 11.6 Å². The first-order valence-corrected chi connectivity index (χ1v) is 9.90. The Hall–Kier alpha value is -3.71. The van der Waals surface area contributed by atoms with Gasteiger partial charge in [0.2, 0.25) is 0 Å². The molecule has 0 saturated carbocycles. The number of carbonyl (C=O) groups excluding carboxylic acids is 1. The smallest absolute Gasteiger partial charge is 0.277 e. The standard InChI is InChI=1S/C24H22FN3O3/c1-3-31-22-13-17(10-11-21(22)16-6-5-9-20(25)12-16)24(29)28(30-2)15-19-8-4-7-18-14-26-27-23(18)19/h4-14H,3,15H2,1-2H3,(H,26,27). The van der Waals surface area contributed by atoms with Gasteiger partial charge in [0.15, 0.2) is 0 Å². The molecular weight excluding hydrogens is 397 g/mol. The highest BCUT2D eigenvalue weighted by atomic mass is 19.1. The maximum Gasteiger partial charge on any atom is 0.277 e. The molecule has 158 valence electrons. The molecular formula is C24H22FN3O3. The van der Waals surface area contributed by atoms with E-state index in [2.05, 4.69) is 10.2 Å². The average molecular weight is 419 g/mol. The van der Waals surface area contributed by atoms with Gasteiger partial charge in [0, 0.05) is 16.5 Å². The average Bonchev–Trinajstić information content (AvgIpc) is 3.27. The number of hydroxylamine groups is 2. The lowest BCUT2D eigenvalue weighted by Gasteiger charge is -2.21. The Morgan fingerprint density at radius 1 is 1.13 bits per heavy atom. The van der Waals surface area contributed by atoms with Crippen molar-refractivity contribution in [1.82, 2.24) is 15.3 Å². The van der Waals surface area contributed by atoms with Gasteiger partial charge in [-0.3, -0.25) is 14.7 Å². The molecule has 4 rings (SSSR count). The van der Waals surface area contributed by atoms with Crippen molar-refractivity contribution >= 4 is 16.8 Å². The number of rotatable bonds is 7. The number of benzene rings is 3. The molecule has 1 heterocycles. The summed E-state index contributed by atoms with van der Waals surface area (Å²) >= 11 is 0. The van der Waals surface area contributed by atoms with Gasteiger partial charge in [0.25, 0.3) is 5.91 Å². The number of nitrogens with zero attached hydrogens (tertiary/aromatic N) is 2. The zero-order chi connectivity index (χ0) is 21.8. The number of hydrogen-bond acceptors (Lipinski definition) is 4. The number of halogens is 1. The first-order chi connectivity index (χ1) is 15.1. The molecule has 1 amide bonds. The van der Waals surface area contributed by atoms with Crippen molar-refractivity contribution in [3.05, 3.63) is 83.8 Å². The van der Waals surface area contributed by atoms with Gasteiger partial charge in [-0.1, -0.05) is 30.3 Å². The fourth-order valence-electron chi connectivity index (χ4n) is 3.50. The van der Waals surface area contributed by atoms with Crippen LogP contribution in [0.5, 0.6) is 5.75 Å². The Balaban J connectivity index is 1.65. The van der Waals surface area contributed by atoms with Gasteiger partial charge in [0.05, 0.1) is 32.0 Å². The maximum atomic E-state index is 13.7. The number of H-pyrrole nitrogens is 1. The van der Waals surface area contributed by atoms with Crippen molar-refractivity contribution < 1.29 is 18.8 Å². The van der Waals surface area contributed by atoms with E-state index < -0.39 is 0 Å². The van der Waals surface area contributed by atoms with E-state index in [1.165, 1.54) is 24.3 Å². The predicted octanol–water partition coefficient (Wildman–Crippen LogP) is 4.97. The van der Waals surface area contributed by atoms with E-state index in [4.69, 9.17) is 9.57 Å². The zero-order valence-electron chi connectivity index (χ0n) is 17.3. The van der Waals surface area contributed by atoms with Crippen LogP contribution < -0.4 is 4.74 Å². The highest BCUT2D eigenvalue weighted by molar-refractivity contribution is 5.95. The third kappa shape index (κ3) is 4.27. The molecule has 0 fully saturated rings. The maximum absolute atomic E-state index is 13.7. The molecule has 4 aromatic rings. The van der Waals surface area contributed by atoms with Crippen molar-refractivity contribution in [1.29, 1.82) is 0 Å². The highest BCUT2D eigenvalue weighted by Gasteiger charge is 2.20. The molecule has 3 aromatic carbocycles. The molecule has 0 unspecified atom stereocenters.